The molecule has 2 aromatic rings. The second-order valence-electron chi connectivity index (χ2n) is 4.54. The van der Waals surface area contributed by atoms with Gasteiger partial charge < -0.3 is 9.32 Å². The molecule has 20 heavy (non-hydrogen) atoms. The highest BCUT2D eigenvalue weighted by molar-refractivity contribution is 8.00. The van der Waals surface area contributed by atoms with Gasteiger partial charge in [-0.2, -0.15) is 0 Å². The van der Waals surface area contributed by atoms with Crippen LogP contribution in [0.25, 0.3) is 11.1 Å². The molecule has 0 bridgehead atoms. The Kier molecular flexibility index (Phi) is 5.06. The highest BCUT2D eigenvalue weighted by Gasteiger charge is 2.17. The molecule has 1 heterocycles. The zero-order valence-corrected chi connectivity index (χ0v) is 12.9. The Morgan fingerprint density at radius 1 is 1.35 bits per heavy atom. The normalized spacial score (nSPS) is 12.6. The molecule has 0 N–H and O–H groups in total. The van der Waals surface area contributed by atoms with Crippen molar-refractivity contribution in [2.75, 3.05) is 18.8 Å². The van der Waals surface area contributed by atoms with Crippen LogP contribution in [0.15, 0.2) is 28.7 Å². The summed E-state index contributed by atoms with van der Waals surface area (Å²) in [6.45, 7) is 7.53. The van der Waals surface area contributed by atoms with Crippen molar-refractivity contribution >= 4 is 28.8 Å². The average Bonchev–Trinajstić information content (AvgIpc) is 2.90. The maximum atomic E-state index is 12.0. The predicted octanol–water partition coefficient (Wildman–Crippen LogP) is 3.49. The van der Waals surface area contributed by atoms with Crippen molar-refractivity contribution in [2.24, 2.45) is 0 Å². The lowest BCUT2D eigenvalue weighted by molar-refractivity contribution is -0.127. The molecular weight excluding hydrogens is 272 g/mol. The van der Waals surface area contributed by atoms with E-state index in [1.54, 1.807) is 11.8 Å². The number of carbonyl (C=O) groups excluding carboxylic acids is 1. The van der Waals surface area contributed by atoms with Gasteiger partial charge in [0.2, 0.25) is 11.8 Å². The number of hydrogen-bond donors (Lipinski definition) is 0. The quantitative estimate of drug-likeness (QED) is 0.817. The van der Waals surface area contributed by atoms with Gasteiger partial charge >= 0.3 is 0 Å². The number of aromatic nitrogens is 1. The molecule has 0 unspecified atom stereocenters. The molecule has 1 atom stereocenters. The van der Waals surface area contributed by atoms with Crippen molar-refractivity contribution < 1.29 is 9.21 Å². The average molecular weight is 292 g/mol. The number of amides is 1. The first kappa shape index (κ1) is 14.9. The zero-order valence-electron chi connectivity index (χ0n) is 12.1. The lowest BCUT2D eigenvalue weighted by Gasteiger charge is -2.18. The summed E-state index contributed by atoms with van der Waals surface area (Å²) < 4.78 is 5.72. The van der Waals surface area contributed by atoms with Crippen LogP contribution in [0.3, 0.4) is 0 Å². The van der Waals surface area contributed by atoms with E-state index in [9.17, 15) is 4.79 Å². The van der Waals surface area contributed by atoms with E-state index in [0.717, 1.165) is 24.2 Å². The van der Waals surface area contributed by atoms with E-state index in [0.29, 0.717) is 11.6 Å². The third kappa shape index (κ3) is 3.33. The maximum Gasteiger partial charge on any atom is 0.232 e. The maximum absolute atomic E-state index is 12.0. The van der Waals surface area contributed by atoms with Crippen molar-refractivity contribution in [3.05, 3.63) is 30.2 Å². The number of rotatable bonds is 6. The molecule has 0 fully saturated rings. The molecule has 0 aliphatic rings. The number of oxazole rings is 1. The van der Waals surface area contributed by atoms with Crippen LogP contribution in [-0.2, 0) is 4.79 Å². The standard InChI is InChI=1S/C15H20N2O2S/c1-4-17(5-2)14(18)10-20-11(3)15-16-12-8-6-7-9-13(12)19-15/h6-9,11H,4-5,10H2,1-3H3/t11-/m0/s1. The van der Waals surface area contributed by atoms with Crippen LogP contribution in [0.2, 0.25) is 0 Å². The van der Waals surface area contributed by atoms with Crippen LogP contribution in [-0.4, -0.2) is 34.6 Å². The number of fused-ring (bicyclic) bond motifs is 1. The summed E-state index contributed by atoms with van der Waals surface area (Å²) >= 11 is 1.56. The van der Waals surface area contributed by atoms with Crippen molar-refractivity contribution in [2.45, 2.75) is 26.0 Å². The molecular formula is C15H20N2O2S. The predicted molar refractivity (Wildman–Crippen MR) is 82.8 cm³/mol. The minimum absolute atomic E-state index is 0.0712. The van der Waals surface area contributed by atoms with Gasteiger partial charge in [-0.05, 0) is 32.9 Å². The van der Waals surface area contributed by atoms with Crippen molar-refractivity contribution in [3.8, 4) is 0 Å². The second kappa shape index (κ2) is 6.79. The minimum Gasteiger partial charge on any atom is -0.439 e. The van der Waals surface area contributed by atoms with Crippen molar-refractivity contribution in [3.63, 3.8) is 0 Å². The molecule has 108 valence electrons. The Morgan fingerprint density at radius 2 is 2.05 bits per heavy atom. The van der Waals surface area contributed by atoms with Crippen LogP contribution in [0.4, 0.5) is 0 Å². The van der Waals surface area contributed by atoms with E-state index in [-0.39, 0.29) is 11.2 Å². The highest BCUT2D eigenvalue weighted by Crippen LogP contribution is 2.30. The van der Waals surface area contributed by atoms with Crippen molar-refractivity contribution in [1.29, 1.82) is 0 Å². The van der Waals surface area contributed by atoms with E-state index in [2.05, 4.69) is 4.98 Å². The van der Waals surface area contributed by atoms with E-state index in [1.165, 1.54) is 0 Å². The van der Waals surface area contributed by atoms with Crippen molar-refractivity contribution in [1.82, 2.24) is 9.88 Å². The first-order chi connectivity index (χ1) is 9.65. The molecule has 2 rings (SSSR count). The van der Waals surface area contributed by atoms with Crippen LogP contribution >= 0.6 is 11.8 Å². The van der Waals surface area contributed by atoms with E-state index < -0.39 is 0 Å². The smallest absolute Gasteiger partial charge is 0.232 e. The van der Waals surface area contributed by atoms with Gasteiger partial charge in [-0.15, -0.1) is 11.8 Å². The monoisotopic (exact) mass is 292 g/mol. The fourth-order valence-electron chi connectivity index (χ4n) is 2.00. The Morgan fingerprint density at radius 3 is 2.70 bits per heavy atom. The summed E-state index contributed by atoms with van der Waals surface area (Å²) in [7, 11) is 0. The number of nitrogens with zero attached hydrogens (tertiary/aromatic N) is 2. The highest BCUT2D eigenvalue weighted by atomic mass is 32.2. The molecule has 1 aromatic carbocycles. The fourth-order valence-corrected chi connectivity index (χ4v) is 2.82. The molecule has 1 aromatic heterocycles. The topological polar surface area (TPSA) is 46.3 Å². The number of para-hydroxylation sites is 2. The summed E-state index contributed by atoms with van der Waals surface area (Å²) in [5.41, 5.74) is 1.66. The summed E-state index contributed by atoms with van der Waals surface area (Å²) in [4.78, 5) is 18.3. The molecule has 1 amide bonds. The van der Waals surface area contributed by atoms with Crippen LogP contribution in [0.1, 0.15) is 31.9 Å². The molecule has 5 heteroatoms. The SMILES string of the molecule is CCN(CC)C(=O)CS[C@@H](C)c1nc2ccccc2o1. The third-order valence-corrected chi connectivity index (χ3v) is 4.35. The van der Waals surface area contributed by atoms with Gasteiger partial charge in [-0.1, -0.05) is 12.1 Å². The summed E-state index contributed by atoms with van der Waals surface area (Å²) in [6, 6.07) is 7.71. The zero-order chi connectivity index (χ0) is 14.5. The van der Waals surface area contributed by atoms with E-state index in [4.69, 9.17) is 4.42 Å². The van der Waals surface area contributed by atoms with Gasteiger partial charge in [0.1, 0.15) is 5.52 Å². The largest absolute Gasteiger partial charge is 0.439 e. The fraction of sp³-hybridized carbons (Fsp3) is 0.467. The van der Waals surface area contributed by atoms with Crippen LogP contribution < -0.4 is 0 Å². The van der Waals surface area contributed by atoms with E-state index in [1.807, 2.05) is 49.9 Å². The van der Waals surface area contributed by atoms with Crippen LogP contribution in [0.5, 0.6) is 0 Å². The first-order valence-corrected chi connectivity index (χ1v) is 7.95. The van der Waals surface area contributed by atoms with E-state index >= 15 is 0 Å². The number of carbonyl (C=O) groups is 1. The summed E-state index contributed by atoms with van der Waals surface area (Å²) in [5, 5.41) is 0.0712. The van der Waals surface area contributed by atoms with Gasteiger partial charge in [0.25, 0.3) is 0 Å². The van der Waals surface area contributed by atoms with Crippen LogP contribution in [0, 0.1) is 0 Å². The lowest BCUT2D eigenvalue weighted by Crippen LogP contribution is -2.32. The first-order valence-electron chi connectivity index (χ1n) is 6.90. The Bertz CT molecular complexity index is 545. The second-order valence-corrected chi connectivity index (χ2v) is 5.87. The van der Waals surface area contributed by atoms with Gasteiger partial charge in [0.15, 0.2) is 5.58 Å². The molecule has 0 spiro atoms. The molecule has 4 nitrogen and oxygen atoms in total. The number of hydrogen-bond acceptors (Lipinski definition) is 4. The van der Waals surface area contributed by atoms with Gasteiger partial charge in [-0.25, -0.2) is 4.98 Å². The van der Waals surface area contributed by atoms with Gasteiger partial charge in [-0.3, -0.25) is 4.79 Å². The van der Waals surface area contributed by atoms with Gasteiger partial charge in [0.05, 0.1) is 11.0 Å². The van der Waals surface area contributed by atoms with Gasteiger partial charge in [0, 0.05) is 13.1 Å². The summed E-state index contributed by atoms with van der Waals surface area (Å²) in [6.07, 6.45) is 0. The Hall–Kier alpha value is -1.49. The molecule has 0 aliphatic carbocycles. The summed E-state index contributed by atoms with van der Waals surface area (Å²) in [5.74, 6) is 1.31. The molecule has 0 saturated heterocycles. The number of benzene rings is 1. The molecule has 0 aliphatic heterocycles. The molecule has 0 saturated carbocycles. The number of thioether (sulfide) groups is 1. The molecule has 0 radical (unpaired) electrons. The lowest BCUT2D eigenvalue weighted by atomic mass is 10.3. The minimum atomic E-state index is 0.0712. The Labute approximate surface area is 123 Å². The third-order valence-electron chi connectivity index (χ3n) is 3.23. The Balaban J connectivity index is 1.98.